The molecule has 0 saturated carbocycles. The van der Waals surface area contributed by atoms with E-state index in [9.17, 15) is 18.3 Å². The molecule has 4 N–H and O–H groups in total. The molecule has 4 rings (SSSR count). The monoisotopic (exact) mass is 577 g/mol. The smallest absolute Gasteiger partial charge is 0.405 e. The van der Waals surface area contributed by atoms with Crippen molar-refractivity contribution in [3.8, 4) is 28.4 Å². The summed E-state index contributed by atoms with van der Waals surface area (Å²) in [5.41, 5.74) is 2.74. The van der Waals surface area contributed by atoms with E-state index in [1.165, 1.54) is 24.4 Å². The van der Waals surface area contributed by atoms with E-state index in [2.05, 4.69) is 25.8 Å². The number of anilines is 1. The lowest BCUT2D eigenvalue weighted by atomic mass is 10.0. The lowest BCUT2D eigenvalue weighted by Gasteiger charge is -2.21. The fourth-order valence-corrected chi connectivity index (χ4v) is 4.47. The van der Waals surface area contributed by atoms with Crippen LogP contribution in [-0.2, 0) is 0 Å². The Morgan fingerprint density at radius 2 is 1.98 bits per heavy atom. The Labute approximate surface area is 233 Å². The van der Waals surface area contributed by atoms with Crippen LogP contribution in [0.25, 0.3) is 22.6 Å². The maximum absolute atomic E-state index is 15.2. The molecule has 1 aromatic carbocycles. The van der Waals surface area contributed by atoms with Gasteiger partial charge in [-0.05, 0) is 46.0 Å². The SMILES string of the molecule is CNC[C@@H](O)COc1ccc(F)c(-c2nc(-c3c(C)noc3C)c(C)c(N3CC(=N)/C(=C\NCC(F)(F)F)C3)n2)c1. The van der Waals surface area contributed by atoms with Gasteiger partial charge in [0, 0.05) is 30.4 Å². The second kappa shape index (κ2) is 12.2. The Bertz CT molecular complexity index is 1440. The van der Waals surface area contributed by atoms with Gasteiger partial charge in [-0.1, -0.05) is 5.16 Å². The van der Waals surface area contributed by atoms with E-state index >= 15 is 4.39 Å². The number of hydrogen-bond acceptors (Lipinski definition) is 10. The zero-order valence-corrected chi connectivity index (χ0v) is 23.0. The summed E-state index contributed by atoms with van der Waals surface area (Å²) in [6.45, 7) is 4.49. The third-order valence-corrected chi connectivity index (χ3v) is 6.43. The van der Waals surface area contributed by atoms with Crippen molar-refractivity contribution in [2.75, 3.05) is 44.7 Å². The number of ether oxygens (including phenoxy) is 1. The first kappa shape index (κ1) is 29.9. The Hall–Kier alpha value is -4.04. The van der Waals surface area contributed by atoms with Crippen molar-refractivity contribution in [2.45, 2.75) is 33.1 Å². The highest BCUT2D eigenvalue weighted by atomic mass is 19.4. The molecule has 1 atom stereocenters. The number of aryl methyl sites for hydroxylation is 2. The zero-order valence-electron chi connectivity index (χ0n) is 23.0. The van der Waals surface area contributed by atoms with E-state index in [4.69, 9.17) is 14.7 Å². The van der Waals surface area contributed by atoms with Crippen LogP contribution in [0.5, 0.6) is 5.75 Å². The number of rotatable bonds is 10. The first-order valence-electron chi connectivity index (χ1n) is 12.8. The molecular formula is C27H31F4N7O3. The molecule has 0 bridgehead atoms. The fraction of sp³-hybridized carbons (Fsp3) is 0.407. The average molecular weight is 578 g/mol. The number of aliphatic hydroxyl groups excluding tert-OH is 1. The number of halogens is 4. The largest absolute Gasteiger partial charge is 0.491 e. The van der Waals surface area contributed by atoms with Gasteiger partial charge < -0.3 is 35.3 Å². The van der Waals surface area contributed by atoms with E-state index in [1.54, 1.807) is 32.7 Å². The minimum atomic E-state index is -4.40. The lowest BCUT2D eigenvalue weighted by molar-refractivity contribution is -0.122. The van der Waals surface area contributed by atoms with E-state index in [1.807, 2.05) is 0 Å². The second-order valence-corrected chi connectivity index (χ2v) is 9.71. The van der Waals surface area contributed by atoms with E-state index in [0.29, 0.717) is 52.0 Å². The molecule has 0 aliphatic carbocycles. The highest BCUT2D eigenvalue weighted by molar-refractivity contribution is 6.05. The molecule has 41 heavy (non-hydrogen) atoms. The van der Waals surface area contributed by atoms with Crippen LogP contribution in [0.1, 0.15) is 17.0 Å². The minimum Gasteiger partial charge on any atom is -0.491 e. The predicted octanol–water partition coefficient (Wildman–Crippen LogP) is 3.70. The van der Waals surface area contributed by atoms with Crippen LogP contribution in [0.15, 0.2) is 34.5 Å². The first-order valence-corrected chi connectivity index (χ1v) is 12.8. The minimum absolute atomic E-state index is 0.0242. The number of nitrogens with one attached hydrogen (secondary N) is 3. The van der Waals surface area contributed by atoms with Crippen LogP contribution in [0.2, 0.25) is 0 Å². The Morgan fingerprint density at radius 3 is 2.63 bits per heavy atom. The molecule has 0 radical (unpaired) electrons. The van der Waals surface area contributed by atoms with Crippen molar-refractivity contribution >= 4 is 11.5 Å². The molecule has 220 valence electrons. The molecule has 1 saturated heterocycles. The predicted molar refractivity (Wildman–Crippen MR) is 145 cm³/mol. The number of hydrogen-bond donors (Lipinski definition) is 4. The summed E-state index contributed by atoms with van der Waals surface area (Å²) in [6.07, 6.45) is -3.99. The molecule has 1 fully saturated rings. The van der Waals surface area contributed by atoms with Gasteiger partial charge >= 0.3 is 6.18 Å². The number of alkyl halides is 3. The summed E-state index contributed by atoms with van der Waals surface area (Å²) in [5.74, 6) is 0.579. The van der Waals surface area contributed by atoms with Crippen LogP contribution in [0.3, 0.4) is 0 Å². The van der Waals surface area contributed by atoms with Crippen LogP contribution >= 0.6 is 0 Å². The average Bonchev–Trinajstić information content (AvgIpc) is 3.44. The maximum atomic E-state index is 15.2. The Balaban J connectivity index is 1.76. The standard InChI is InChI=1S/C27H31F4N7O3/c1-14-24(23-15(2)37-41-16(23)3)35-25(20-7-19(5-6-21(20)28)40-12-18(39)9-33-4)36-26(14)38-10-17(22(32)11-38)8-34-13-27(29,30)31/h5-8,18,32-34,39H,9-13H2,1-4H3/b17-8-,32-22?/t18-/m1/s1. The molecule has 14 heteroatoms. The third kappa shape index (κ3) is 7.00. The lowest BCUT2D eigenvalue weighted by Crippen LogP contribution is -2.29. The van der Waals surface area contributed by atoms with E-state index in [0.717, 1.165) is 0 Å². The van der Waals surface area contributed by atoms with Gasteiger partial charge in [0.15, 0.2) is 5.82 Å². The van der Waals surface area contributed by atoms with Gasteiger partial charge in [-0.2, -0.15) is 13.2 Å². The molecule has 10 nitrogen and oxygen atoms in total. The molecular weight excluding hydrogens is 546 g/mol. The number of likely N-dealkylation sites (N-methyl/N-ethyl adjacent to an activating group) is 1. The molecule has 2 aromatic heterocycles. The molecule has 1 aliphatic rings. The van der Waals surface area contributed by atoms with Crippen molar-refractivity contribution in [2.24, 2.45) is 0 Å². The van der Waals surface area contributed by atoms with Gasteiger partial charge in [0.1, 0.15) is 42.4 Å². The highest BCUT2D eigenvalue weighted by Crippen LogP contribution is 2.36. The van der Waals surface area contributed by atoms with Crippen LogP contribution in [0.4, 0.5) is 23.4 Å². The third-order valence-electron chi connectivity index (χ3n) is 6.43. The molecule has 0 spiro atoms. The quantitative estimate of drug-likeness (QED) is 0.266. The number of nitrogens with zero attached hydrogens (tertiary/aromatic N) is 4. The molecule has 0 unspecified atom stereocenters. The summed E-state index contributed by atoms with van der Waals surface area (Å²) in [6, 6.07) is 4.08. The molecule has 3 aromatic rings. The van der Waals surface area contributed by atoms with Crippen LogP contribution < -0.4 is 20.3 Å². The van der Waals surface area contributed by atoms with E-state index < -0.39 is 24.6 Å². The Kier molecular flexibility index (Phi) is 8.92. The summed E-state index contributed by atoms with van der Waals surface area (Å²) in [7, 11) is 1.70. The fourth-order valence-electron chi connectivity index (χ4n) is 4.47. The topological polar surface area (TPSA) is 132 Å². The van der Waals surface area contributed by atoms with Gasteiger partial charge in [0.25, 0.3) is 0 Å². The van der Waals surface area contributed by atoms with Gasteiger partial charge in [-0.25, -0.2) is 14.4 Å². The summed E-state index contributed by atoms with van der Waals surface area (Å²) < 4.78 is 64.0. The normalized spacial score (nSPS) is 15.6. The van der Waals surface area contributed by atoms with Gasteiger partial charge in [-0.3, -0.25) is 0 Å². The van der Waals surface area contributed by atoms with Crippen LogP contribution in [0, 0.1) is 32.0 Å². The first-order chi connectivity index (χ1) is 19.4. The summed E-state index contributed by atoms with van der Waals surface area (Å²) >= 11 is 0. The molecule has 1 aliphatic heterocycles. The van der Waals surface area contributed by atoms with E-state index in [-0.39, 0.29) is 36.8 Å². The maximum Gasteiger partial charge on any atom is 0.405 e. The molecule has 3 heterocycles. The van der Waals surface area contributed by atoms with Crippen molar-refractivity contribution in [1.29, 1.82) is 5.41 Å². The Morgan fingerprint density at radius 1 is 1.22 bits per heavy atom. The van der Waals surface area contributed by atoms with Gasteiger partial charge in [-0.15, -0.1) is 0 Å². The van der Waals surface area contributed by atoms with Gasteiger partial charge in [0.2, 0.25) is 0 Å². The van der Waals surface area contributed by atoms with Crippen molar-refractivity contribution in [1.82, 2.24) is 25.8 Å². The molecule has 0 amide bonds. The zero-order chi connectivity index (χ0) is 29.9. The van der Waals surface area contributed by atoms with Crippen molar-refractivity contribution in [3.63, 3.8) is 0 Å². The van der Waals surface area contributed by atoms with Gasteiger partial charge in [0.05, 0.1) is 34.8 Å². The highest BCUT2D eigenvalue weighted by Gasteiger charge is 2.30. The van der Waals surface area contributed by atoms with Crippen molar-refractivity contribution in [3.05, 3.63) is 52.8 Å². The summed E-state index contributed by atoms with van der Waals surface area (Å²) in [4.78, 5) is 11.1. The summed E-state index contributed by atoms with van der Waals surface area (Å²) in [5, 5.41) is 27.4. The number of benzene rings is 1. The number of aliphatic hydroxyl groups is 1. The number of aromatic nitrogens is 3. The van der Waals surface area contributed by atoms with Crippen LogP contribution in [-0.4, -0.2) is 78.1 Å². The second-order valence-electron chi connectivity index (χ2n) is 9.71. The van der Waals surface area contributed by atoms with Crippen molar-refractivity contribution < 1.29 is 31.9 Å².